The summed E-state index contributed by atoms with van der Waals surface area (Å²) in [6.07, 6.45) is 5.35. The van der Waals surface area contributed by atoms with Gasteiger partial charge in [0.05, 0.1) is 0 Å². The standard InChI is InChI=1S/C12H22N2OS/c1-14-6-2-3-10(8-14)13-11(15)7-12(9-16)4-5-12/h10,16H,2-9H2,1H3,(H,13,15). The van der Waals surface area contributed by atoms with Gasteiger partial charge in [0.15, 0.2) is 0 Å². The fourth-order valence-corrected chi connectivity index (χ4v) is 2.90. The molecule has 1 atom stereocenters. The molecule has 1 amide bonds. The molecule has 0 spiro atoms. The third kappa shape index (κ3) is 3.14. The molecule has 16 heavy (non-hydrogen) atoms. The average molecular weight is 242 g/mol. The number of rotatable bonds is 4. The minimum absolute atomic E-state index is 0.229. The van der Waals surface area contributed by atoms with E-state index in [-0.39, 0.29) is 11.3 Å². The quantitative estimate of drug-likeness (QED) is 0.728. The zero-order valence-electron chi connectivity index (χ0n) is 10.0. The summed E-state index contributed by atoms with van der Waals surface area (Å²) in [7, 11) is 2.12. The number of carbonyl (C=O) groups is 1. The number of hydrogen-bond donors (Lipinski definition) is 2. The molecule has 1 saturated heterocycles. The van der Waals surface area contributed by atoms with Gasteiger partial charge in [0.25, 0.3) is 0 Å². The molecule has 0 bridgehead atoms. The SMILES string of the molecule is CN1CCCC(NC(=O)CC2(CS)CC2)C1. The first-order valence-corrected chi connectivity index (χ1v) is 6.86. The molecule has 2 rings (SSSR count). The lowest BCUT2D eigenvalue weighted by Crippen LogP contribution is -2.46. The van der Waals surface area contributed by atoms with Crippen molar-refractivity contribution in [3.63, 3.8) is 0 Å². The van der Waals surface area contributed by atoms with Crippen LogP contribution in [-0.4, -0.2) is 42.7 Å². The van der Waals surface area contributed by atoms with Crippen molar-refractivity contribution in [2.75, 3.05) is 25.9 Å². The lowest BCUT2D eigenvalue weighted by Gasteiger charge is -2.30. The van der Waals surface area contributed by atoms with Crippen LogP contribution in [-0.2, 0) is 4.79 Å². The lowest BCUT2D eigenvalue weighted by molar-refractivity contribution is -0.123. The highest BCUT2D eigenvalue weighted by molar-refractivity contribution is 7.80. The number of carbonyl (C=O) groups excluding carboxylic acids is 1. The van der Waals surface area contributed by atoms with Crippen LogP contribution < -0.4 is 5.32 Å². The number of likely N-dealkylation sites (N-methyl/N-ethyl adjacent to an activating group) is 1. The topological polar surface area (TPSA) is 32.3 Å². The van der Waals surface area contributed by atoms with E-state index in [1.54, 1.807) is 0 Å². The van der Waals surface area contributed by atoms with Crippen molar-refractivity contribution in [1.29, 1.82) is 0 Å². The average Bonchev–Trinajstić information content (AvgIpc) is 2.98. The van der Waals surface area contributed by atoms with Gasteiger partial charge in [-0.3, -0.25) is 4.79 Å². The van der Waals surface area contributed by atoms with Crippen LogP contribution in [0.1, 0.15) is 32.1 Å². The van der Waals surface area contributed by atoms with Crippen LogP contribution in [0.3, 0.4) is 0 Å². The number of piperidine rings is 1. The molecule has 1 aliphatic heterocycles. The third-order valence-electron chi connectivity index (χ3n) is 3.82. The van der Waals surface area contributed by atoms with Crippen molar-refractivity contribution in [2.45, 2.75) is 38.1 Å². The molecule has 1 heterocycles. The molecule has 3 nitrogen and oxygen atoms in total. The smallest absolute Gasteiger partial charge is 0.220 e. The summed E-state index contributed by atoms with van der Waals surface area (Å²) in [5, 5.41) is 3.17. The minimum atomic E-state index is 0.229. The van der Waals surface area contributed by atoms with E-state index in [0.29, 0.717) is 12.5 Å². The zero-order chi connectivity index (χ0) is 11.6. The summed E-state index contributed by atoms with van der Waals surface area (Å²) in [6.45, 7) is 2.16. The lowest BCUT2D eigenvalue weighted by atomic mass is 10.0. The minimum Gasteiger partial charge on any atom is -0.352 e. The van der Waals surface area contributed by atoms with Gasteiger partial charge in [-0.05, 0) is 50.4 Å². The number of amides is 1. The number of nitrogens with one attached hydrogen (secondary N) is 1. The Morgan fingerprint density at radius 2 is 2.31 bits per heavy atom. The van der Waals surface area contributed by atoms with Crippen LogP contribution >= 0.6 is 12.6 Å². The summed E-state index contributed by atoms with van der Waals surface area (Å²) in [5.74, 6) is 1.08. The van der Waals surface area contributed by atoms with Crippen LogP contribution in [0.25, 0.3) is 0 Å². The second-order valence-electron chi connectivity index (χ2n) is 5.50. The summed E-state index contributed by atoms with van der Waals surface area (Å²) in [4.78, 5) is 14.2. The third-order valence-corrected chi connectivity index (χ3v) is 4.49. The Kier molecular flexibility index (Phi) is 3.80. The van der Waals surface area contributed by atoms with Crippen molar-refractivity contribution in [3.05, 3.63) is 0 Å². The van der Waals surface area contributed by atoms with Gasteiger partial charge in [-0.2, -0.15) is 12.6 Å². The fraction of sp³-hybridized carbons (Fsp3) is 0.917. The number of thiol groups is 1. The molecular weight excluding hydrogens is 220 g/mol. The first kappa shape index (κ1) is 12.2. The Hall–Kier alpha value is -0.220. The van der Waals surface area contributed by atoms with E-state index >= 15 is 0 Å². The van der Waals surface area contributed by atoms with E-state index in [4.69, 9.17) is 0 Å². The first-order chi connectivity index (χ1) is 7.63. The Morgan fingerprint density at radius 3 is 2.88 bits per heavy atom. The van der Waals surface area contributed by atoms with Crippen molar-refractivity contribution in [2.24, 2.45) is 5.41 Å². The van der Waals surface area contributed by atoms with Crippen LogP contribution in [0.5, 0.6) is 0 Å². The molecule has 92 valence electrons. The predicted molar refractivity (Wildman–Crippen MR) is 68.8 cm³/mol. The van der Waals surface area contributed by atoms with Gasteiger partial charge in [0.1, 0.15) is 0 Å². The molecule has 1 unspecified atom stereocenters. The Labute approximate surface area is 103 Å². The van der Waals surface area contributed by atoms with Crippen LogP contribution in [0.4, 0.5) is 0 Å². The van der Waals surface area contributed by atoms with Gasteiger partial charge in [0, 0.05) is 19.0 Å². The fourth-order valence-electron chi connectivity index (χ4n) is 2.47. The summed E-state index contributed by atoms with van der Waals surface area (Å²) in [6, 6.07) is 0.363. The molecule has 1 saturated carbocycles. The summed E-state index contributed by atoms with van der Waals surface area (Å²) in [5.41, 5.74) is 0.244. The monoisotopic (exact) mass is 242 g/mol. The zero-order valence-corrected chi connectivity index (χ0v) is 10.9. The van der Waals surface area contributed by atoms with Gasteiger partial charge in [-0.25, -0.2) is 0 Å². The molecule has 0 aromatic carbocycles. The maximum atomic E-state index is 11.9. The van der Waals surface area contributed by atoms with E-state index < -0.39 is 0 Å². The number of nitrogens with zero attached hydrogens (tertiary/aromatic N) is 1. The Morgan fingerprint density at radius 1 is 1.56 bits per heavy atom. The van der Waals surface area contributed by atoms with Crippen molar-refractivity contribution in [1.82, 2.24) is 10.2 Å². The van der Waals surface area contributed by atoms with Crippen LogP contribution in [0, 0.1) is 5.41 Å². The van der Waals surface area contributed by atoms with E-state index in [9.17, 15) is 4.79 Å². The van der Waals surface area contributed by atoms with Crippen molar-refractivity contribution >= 4 is 18.5 Å². The first-order valence-electron chi connectivity index (χ1n) is 6.22. The van der Waals surface area contributed by atoms with E-state index in [0.717, 1.165) is 25.3 Å². The molecule has 1 N–H and O–H groups in total. The number of hydrogen-bond acceptors (Lipinski definition) is 3. The molecule has 0 radical (unpaired) electrons. The van der Waals surface area contributed by atoms with E-state index in [2.05, 4.69) is 29.9 Å². The second-order valence-corrected chi connectivity index (χ2v) is 5.82. The Bertz CT molecular complexity index is 266. The molecule has 2 fully saturated rings. The summed E-state index contributed by atoms with van der Waals surface area (Å²) < 4.78 is 0. The number of likely N-dealkylation sites (tertiary alicyclic amines) is 1. The second kappa shape index (κ2) is 4.96. The van der Waals surface area contributed by atoms with E-state index in [1.165, 1.54) is 19.3 Å². The Balaban J connectivity index is 1.74. The summed E-state index contributed by atoms with van der Waals surface area (Å²) >= 11 is 4.33. The van der Waals surface area contributed by atoms with Gasteiger partial charge < -0.3 is 10.2 Å². The van der Waals surface area contributed by atoms with Gasteiger partial charge in [-0.1, -0.05) is 0 Å². The maximum absolute atomic E-state index is 11.9. The molecular formula is C12H22N2OS. The molecule has 0 aromatic rings. The maximum Gasteiger partial charge on any atom is 0.220 e. The van der Waals surface area contributed by atoms with E-state index in [1.807, 2.05) is 0 Å². The molecule has 4 heteroatoms. The largest absolute Gasteiger partial charge is 0.352 e. The predicted octanol–water partition coefficient (Wildman–Crippen LogP) is 1.30. The van der Waals surface area contributed by atoms with Gasteiger partial charge in [-0.15, -0.1) is 0 Å². The highest BCUT2D eigenvalue weighted by Crippen LogP contribution is 2.49. The highest BCUT2D eigenvalue weighted by atomic mass is 32.1. The molecule has 0 aromatic heterocycles. The van der Waals surface area contributed by atoms with Gasteiger partial charge in [0.2, 0.25) is 5.91 Å². The normalized spacial score (nSPS) is 28.8. The highest BCUT2D eigenvalue weighted by Gasteiger charge is 2.43. The molecule has 2 aliphatic rings. The van der Waals surface area contributed by atoms with Crippen LogP contribution in [0.15, 0.2) is 0 Å². The van der Waals surface area contributed by atoms with Crippen molar-refractivity contribution < 1.29 is 4.79 Å². The van der Waals surface area contributed by atoms with Crippen LogP contribution in [0.2, 0.25) is 0 Å². The van der Waals surface area contributed by atoms with Gasteiger partial charge >= 0.3 is 0 Å². The molecule has 1 aliphatic carbocycles. The van der Waals surface area contributed by atoms with Crippen molar-refractivity contribution in [3.8, 4) is 0 Å².